The van der Waals surface area contributed by atoms with Crippen LogP contribution in [0.2, 0.25) is 0 Å². The fourth-order valence-corrected chi connectivity index (χ4v) is 5.39. The Labute approximate surface area is 168 Å². The summed E-state index contributed by atoms with van der Waals surface area (Å²) in [6.07, 6.45) is 2.27. The van der Waals surface area contributed by atoms with Crippen LogP contribution >= 0.6 is 11.3 Å². The van der Waals surface area contributed by atoms with Crippen molar-refractivity contribution < 1.29 is 9.53 Å². The lowest BCUT2D eigenvalue weighted by atomic mass is 10.1. The highest BCUT2D eigenvalue weighted by atomic mass is 32.1. The zero-order valence-corrected chi connectivity index (χ0v) is 16.7. The molecule has 0 N–H and O–H groups in total. The average molecular weight is 394 g/mol. The Bertz CT molecular complexity index is 953. The van der Waals surface area contributed by atoms with Gasteiger partial charge in [0.25, 0.3) is 5.19 Å². The maximum Gasteiger partial charge on any atom is 0.279 e. The molecule has 3 heterocycles. The number of piperazine rings is 1. The minimum absolute atomic E-state index is 0.225. The Morgan fingerprint density at radius 1 is 1.11 bits per heavy atom. The van der Waals surface area contributed by atoms with E-state index >= 15 is 0 Å². The second kappa shape index (κ2) is 7.18. The maximum absolute atomic E-state index is 11.9. The molecule has 2 saturated heterocycles. The van der Waals surface area contributed by atoms with Crippen molar-refractivity contribution in [1.29, 1.82) is 0 Å². The molecule has 5 rings (SSSR count). The van der Waals surface area contributed by atoms with Gasteiger partial charge in [-0.05, 0) is 42.7 Å². The summed E-state index contributed by atoms with van der Waals surface area (Å²) < 4.78 is 7.08. The van der Waals surface area contributed by atoms with E-state index in [0.29, 0.717) is 17.3 Å². The van der Waals surface area contributed by atoms with E-state index in [9.17, 15) is 4.79 Å². The van der Waals surface area contributed by atoms with Gasteiger partial charge in [-0.1, -0.05) is 35.6 Å². The number of hydrogen-bond acceptors (Lipinski definition) is 5. The molecule has 0 saturated carbocycles. The minimum Gasteiger partial charge on any atom is -0.431 e. The highest BCUT2D eigenvalue weighted by molar-refractivity contribution is 7.20. The van der Waals surface area contributed by atoms with Crippen LogP contribution in [0, 0.1) is 0 Å². The Kier molecular flexibility index (Phi) is 4.53. The smallest absolute Gasteiger partial charge is 0.279 e. The molecule has 28 heavy (non-hydrogen) atoms. The number of hydrogen-bond donors (Lipinski definition) is 0. The van der Waals surface area contributed by atoms with E-state index in [0.717, 1.165) is 48.4 Å². The van der Waals surface area contributed by atoms with Crippen molar-refractivity contribution in [2.75, 3.05) is 13.1 Å². The van der Waals surface area contributed by atoms with Gasteiger partial charge in [0.05, 0.1) is 10.2 Å². The third-order valence-corrected chi connectivity index (χ3v) is 6.64. The van der Waals surface area contributed by atoms with Gasteiger partial charge in [-0.2, -0.15) is 0 Å². The van der Waals surface area contributed by atoms with Crippen molar-refractivity contribution >= 4 is 27.5 Å². The first kappa shape index (κ1) is 17.6. The number of amides is 1. The molecule has 0 radical (unpaired) electrons. The number of rotatable bonds is 4. The van der Waals surface area contributed by atoms with Gasteiger partial charge >= 0.3 is 0 Å². The number of para-hydroxylation sites is 1. The van der Waals surface area contributed by atoms with Gasteiger partial charge in [0.2, 0.25) is 5.91 Å². The molecule has 1 amide bonds. The van der Waals surface area contributed by atoms with Crippen LogP contribution in [-0.4, -0.2) is 45.9 Å². The third kappa shape index (κ3) is 3.38. The van der Waals surface area contributed by atoms with Gasteiger partial charge in [-0.15, -0.1) is 0 Å². The zero-order valence-electron chi connectivity index (χ0n) is 15.9. The first-order valence-corrected chi connectivity index (χ1v) is 10.6. The normalized spacial score (nSPS) is 22.0. The second-order valence-electron chi connectivity index (χ2n) is 7.70. The number of nitrogens with zero attached hydrogens (tertiary/aromatic N) is 3. The summed E-state index contributed by atoms with van der Waals surface area (Å²) in [4.78, 5) is 21.0. The molecule has 6 heteroatoms. The molecule has 3 aromatic rings. The monoisotopic (exact) mass is 393 g/mol. The molecule has 0 aliphatic carbocycles. The number of thiazole rings is 1. The summed E-state index contributed by atoms with van der Waals surface area (Å²) in [5.41, 5.74) is 2.24. The van der Waals surface area contributed by atoms with Crippen molar-refractivity contribution in [2.45, 2.75) is 38.4 Å². The lowest BCUT2D eigenvalue weighted by Gasteiger charge is -2.40. The number of ether oxygens (including phenoxy) is 1. The molecule has 2 bridgehead atoms. The molecule has 2 atom stereocenters. The van der Waals surface area contributed by atoms with E-state index < -0.39 is 0 Å². The SMILES string of the molecule is CC(=O)N1C2CCC1CN(Cc1ccc(Oc3nc4ccccc4s3)cc1)C2. The highest BCUT2D eigenvalue weighted by Gasteiger charge is 2.40. The number of likely N-dealkylation sites (tertiary alicyclic amines) is 1. The summed E-state index contributed by atoms with van der Waals surface area (Å²) in [5, 5.41) is 0.672. The number of fused-ring (bicyclic) bond motifs is 3. The van der Waals surface area contributed by atoms with E-state index in [1.54, 1.807) is 18.3 Å². The Morgan fingerprint density at radius 3 is 2.50 bits per heavy atom. The van der Waals surface area contributed by atoms with E-state index in [1.165, 1.54) is 5.56 Å². The van der Waals surface area contributed by atoms with Crippen molar-refractivity contribution in [2.24, 2.45) is 0 Å². The summed E-state index contributed by atoms with van der Waals surface area (Å²) in [5.74, 6) is 1.03. The van der Waals surface area contributed by atoms with Crippen molar-refractivity contribution in [1.82, 2.24) is 14.8 Å². The predicted molar refractivity (Wildman–Crippen MR) is 111 cm³/mol. The largest absolute Gasteiger partial charge is 0.431 e. The molecule has 0 spiro atoms. The van der Waals surface area contributed by atoms with Gasteiger partial charge in [0.15, 0.2) is 0 Å². The molecule has 5 nitrogen and oxygen atoms in total. The predicted octanol–water partition coefficient (Wildman–Crippen LogP) is 4.28. The number of benzene rings is 2. The van der Waals surface area contributed by atoms with Crippen molar-refractivity contribution in [3.63, 3.8) is 0 Å². The summed E-state index contributed by atoms with van der Waals surface area (Å²) >= 11 is 1.56. The number of aromatic nitrogens is 1. The van der Waals surface area contributed by atoms with Gasteiger partial charge in [-0.25, -0.2) is 4.98 Å². The van der Waals surface area contributed by atoms with E-state index in [2.05, 4.69) is 33.0 Å². The minimum atomic E-state index is 0.225. The zero-order chi connectivity index (χ0) is 19.1. The summed E-state index contributed by atoms with van der Waals surface area (Å²) in [6, 6.07) is 17.1. The first-order chi connectivity index (χ1) is 13.7. The number of carbonyl (C=O) groups excluding carboxylic acids is 1. The molecule has 2 aliphatic heterocycles. The standard InChI is InChI=1S/C22H23N3O2S/c1-15(26)25-17-8-9-18(25)14-24(13-17)12-16-6-10-19(11-7-16)27-22-23-20-4-2-3-5-21(20)28-22/h2-7,10-11,17-18H,8-9,12-14H2,1H3. The summed E-state index contributed by atoms with van der Waals surface area (Å²) in [7, 11) is 0. The molecule has 1 aromatic heterocycles. The van der Waals surface area contributed by atoms with Crippen molar-refractivity contribution in [3.8, 4) is 10.9 Å². The van der Waals surface area contributed by atoms with Crippen LogP contribution in [0.4, 0.5) is 0 Å². The third-order valence-electron chi connectivity index (χ3n) is 5.73. The van der Waals surface area contributed by atoms with Crippen LogP contribution < -0.4 is 4.74 Å². The van der Waals surface area contributed by atoms with Crippen LogP contribution in [0.25, 0.3) is 10.2 Å². The topological polar surface area (TPSA) is 45.7 Å². The summed E-state index contributed by atoms with van der Waals surface area (Å²) in [6.45, 7) is 4.56. The van der Waals surface area contributed by atoms with Crippen LogP contribution in [0.1, 0.15) is 25.3 Å². The van der Waals surface area contributed by atoms with Gasteiger partial charge in [-0.3, -0.25) is 9.69 Å². The molecule has 2 fully saturated rings. The molecule has 144 valence electrons. The lowest BCUT2D eigenvalue weighted by molar-refractivity contribution is -0.134. The van der Waals surface area contributed by atoms with E-state index in [-0.39, 0.29) is 5.91 Å². The fraction of sp³-hybridized carbons (Fsp3) is 0.364. The highest BCUT2D eigenvalue weighted by Crippen LogP contribution is 2.32. The van der Waals surface area contributed by atoms with E-state index in [1.807, 2.05) is 30.3 Å². The molecule has 2 aromatic carbocycles. The second-order valence-corrected chi connectivity index (χ2v) is 8.69. The van der Waals surface area contributed by atoms with Crippen LogP contribution in [0.15, 0.2) is 48.5 Å². The van der Waals surface area contributed by atoms with Gasteiger partial charge < -0.3 is 9.64 Å². The Balaban J connectivity index is 1.23. The fourth-order valence-electron chi connectivity index (χ4n) is 4.55. The molecular weight excluding hydrogens is 370 g/mol. The Hall–Kier alpha value is -2.44. The molecule has 2 aliphatic rings. The maximum atomic E-state index is 11.9. The van der Waals surface area contributed by atoms with E-state index in [4.69, 9.17) is 4.74 Å². The average Bonchev–Trinajstić information content (AvgIpc) is 3.21. The van der Waals surface area contributed by atoms with Gasteiger partial charge in [0.1, 0.15) is 5.75 Å². The van der Waals surface area contributed by atoms with Crippen LogP contribution in [0.5, 0.6) is 10.9 Å². The lowest BCUT2D eigenvalue weighted by Crippen LogP contribution is -2.54. The quantitative estimate of drug-likeness (QED) is 0.664. The van der Waals surface area contributed by atoms with Crippen LogP contribution in [-0.2, 0) is 11.3 Å². The van der Waals surface area contributed by atoms with Gasteiger partial charge in [0, 0.05) is 38.6 Å². The first-order valence-electron chi connectivity index (χ1n) is 9.79. The van der Waals surface area contributed by atoms with Crippen LogP contribution in [0.3, 0.4) is 0 Å². The van der Waals surface area contributed by atoms with Crippen molar-refractivity contribution in [3.05, 3.63) is 54.1 Å². The molecule has 2 unspecified atom stereocenters. The Morgan fingerprint density at radius 2 is 1.82 bits per heavy atom. The molecular formula is C22H23N3O2S. The number of carbonyl (C=O) groups is 1.